The number of carboxylic acid groups (broad SMARTS) is 1. The highest BCUT2D eigenvalue weighted by Gasteiger charge is 2.32. The summed E-state index contributed by atoms with van der Waals surface area (Å²) in [5.41, 5.74) is 1.15. The Balaban J connectivity index is 1.51. The van der Waals surface area contributed by atoms with Crippen molar-refractivity contribution in [3.8, 4) is 0 Å². The second-order valence-electron chi connectivity index (χ2n) is 6.13. The number of halogens is 1. The number of rotatable bonds is 3. The minimum absolute atomic E-state index is 0.107. The number of nitrogens with zero attached hydrogens (tertiary/aromatic N) is 2. The number of likely N-dealkylation sites (tertiary alicyclic amines) is 1. The van der Waals surface area contributed by atoms with E-state index < -0.39 is 11.9 Å². The van der Waals surface area contributed by atoms with Crippen molar-refractivity contribution in [2.45, 2.75) is 18.9 Å². The van der Waals surface area contributed by atoms with Gasteiger partial charge in [0.1, 0.15) is 0 Å². The van der Waals surface area contributed by atoms with E-state index in [0.717, 1.165) is 29.7 Å². The molecule has 0 aromatic heterocycles. The average Bonchev–Trinajstić information content (AvgIpc) is 3.17. The van der Waals surface area contributed by atoms with Gasteiger partial charge < -0.3 is 20.2 Å². The van der Waals surface area contributed by atoms with Crippen molar-refractivity contribution in [3.05, 3.63) is 28.7 Å². The fraction of sp³-hybridized carbons (Fsp3) is 0.500. The van der Waals surface area contributed by atoms with Gasteiger partial charge in [0.25, 0.3) is 0 Å². The lowest BCUT2D eigenvalue weighted by molar-refractivity contribution is -0.141. The summed E-state index contributed by atoms with van der Waals surface area (Å²) in [6.07, 6.45) is 1.44. The van der Waals surface area contributed by atoms with Crippen LogP contribution in [0.5, 0.6) is 0 Å². The Kier molecular flexibility index (Phi) is 4.75. The second kappa shape index (κ2) is 6.78. The molecule has 1 aromatic carbocycles. The van der Waals surface area contributed by atoms with Crippen LogP contribution in [0.4, 0.5) is 10.5 Å². The molecule has 2 aliphatic rings. The van der Waals surface area contributed by atoms with Gasteiger partial charge in [0, 0.05) is 42.4 Å². The van der Waals surface area contributed by atoms with Crippen LogP contribution in [-0.2, 0) is 4.79 Å². The molecule has 2 fully saturated rings. The third kappa shape index (κ3) is 3.77. The fourth-order valence-corrected chi connectivity index (χ4v) is 3.44. The molecule has 2 atom stereocenters. The quantitative estimate of drug-likeness (QED) is 0.840. The van der Waals surface area contributed by atoms with E-state index in [1.165, 1.54) is 0 Å². The second-order valence-corrected chi connectivity index (χ2v) is 7.04. The Labute approximate surface area is 143 Å². The number of anilines is 1. The number of amides is 2. The predicted octanol–water partition coefficient (Wildman–Crippen LogP) is 2.14. The van der Waals surface area contributed by atoms with Crippen molar-refractivity contribution in [3.63, 3.8) is 0 Å². The smallest absolute Gasteiger partial charge is 0.317 e. The van der Waals surface area contributed by atoms with Crippen molar-refractivity contribution in [1.29, 1.82) is 0 Å². The van der Waals surface area contributed by atoms with Crippen LogP contribution in [0.3, 0.4) is 0 Å². The molecule has 2 amide bonds. The number of aliphatic carboxylic acids is 1. The lowest BCUT2D eigenvalue weighted by atomic mass is 10.1. The summed E-state index contributed by atoms with van der Waals surface area (Å²) in [4.78, 5) is 27.1. The zero-order chi connectivity index (χ0) is 16.4. The Morgan fingerprint density at radius 2 is 1.87 bits per heavy atom. The molecule has 0 bridgehead atoms. The number of urea groups is 1. The summed E-state index contributed by atoms with van der Waals surface area (Å²) in [7, 11) is 0. The molecule has 23 heavy (non-hydrogen) atoms. The summed E-state index contributed by atoms with van der Waals surface area (Å²) >= 11 is 3.43. The van der Waals surface area contributed by atoms with Gasteiger partial charge in [-0.15, -0.1) is 0 Å². The normalized spacial score (nSPS) is 24.0. The molecule has 6 nitrogen and oxygen atoms in total. The number of hydrogen-bond acceptors (Lipinski definition) is 3. The molecule has 1 aromatic rings. The summed E-state index contributed by atoms with van der Waals surface area (Å²) in [6.45, 7) is 2.52. The molecule has 0 aliphatic carbocycles. The largest absolute Gasteiger partial charge is 0.481 e. The number of nitrogens with one attached hydrogen (secondary N) is 1. The van der Waals surface area contributed by atoms with E-state index in [9.17, 15) is 9.59 Å². The molecular weight excluding hydrogens is 362 g/mol. The van der Waals surface area contributed by atoms with Crippen LogP contribution in [0.15, 0.2) is 28.7 Å². The summed E-state index contributed by atoms with van der Waals surface area (Å²) in [5.74, 6) is -1.24. The van der Waals surface area contributed by atoms with Crippen LogP contribution >= 0.6 is 15.9 Å². The van der Waals surface area contributed by atoms with Gasteiger partial charge in [0.2, 0.25) is 0 Å². The van der Waals surface area contributed by atoms with E-state index in [1.807, 2.05) is 12.1 Å². The zero-order valence-corrected chi connectivity index (χ0v) is 14.3. The van der Waals surface area contributed by atoms with Gasteiger partial charge in [-0.05, 0) is 37.1 Å². The highest BCUT2D eigenvalue weighted by Crippen LogP contribution is 2.23. The summed E-state index contributed by atoms with van der Waals surface area (Å²) in [6, 6.07) is 8.11. The van der Waals surface area contributed by atoms with E-state index in [0.29, 0.717) is 19.5 Å². The van der Waals surface area contributed by atoms with Gasteiger partial charge >= 0.3 is 12.0 Å². The first-order valence-corrected chi connectivity index (χ1v) is 8.61. The monoisotopic (exact) mass is 381 g/mol. The van der Waals surface area contributed by atoms with E-state index >= 15 is 0 Å². The lowest BCUT2D eigenvalue weighted by Crippen LogP contribution is -2.45. The van der Waals surface area contributed by atoms with Gasteiger partial charge in [-0.25, -0.2) is 4.79 Å². The van der Waals surface area contributed by atoms with Crippen LogP contribution in [0.1, 0.15) is 12.8 Å². The van der Waals surface area contributed by atoms with Crippen molar-refractivity contribution < 1.29 is 14.7 Å². The molecule has 7 heteroatoms. The maximum absolute atomic E-state index is 12.3. The highest BCUT2D eigenvalue weighted by atomic mass is 79.9. The third-order valence-electron chi connectivity index (χ3n) is 4.53. The molecule has 2 aliphatic heterocycles. The van der Waals surface area contributed by atoms with Crippen molar-refractivity contribution in [1.82, 2.24) is 10.2 Å². The number of carboxylic acids is 1. The standard InChI is InChI=1S/C16H20BrN3O3/c17-12-1-3-14(4-2-12)19-8-6-13(10-19)18-16(23)20-7-5-11(9-20)15(21)22/h1-4,11,13H,5-10H2,(H,18,23)(H,21,22). The minimum atomic E-state index is -0.817. The van der Waals surface area contributed by atoms with Crippen LogP contribution in [0, 0.1) is 5.92 Å². The minimum Gasteiger partial charge on any atom is -0.481 e. The molecule has 0 saturated carbocycles. The SMILES string of the molecule is O=C(O)C1CCN(C(=O)NC2CCN(c3ccc(Br)cc3)C2)C1. The van der Waals surface area contributed by atoms with E-state index in [-0.39, 0.29) is 12.1 Å². The Morgan fingerprint density at radius 1 is 1.13 bits per heavy atom. The van der Waals surface area contributed by atoms with E-state index in [4.69, 9.17) is 5.11 Å². The van der Waals surface area contributed by atoms with E-state index in [1.54, 1.807) is 4.90 Å². The molecular formula is C16H20BrN3O3. The first-order valence-electron chi connectivity index (χ1n) is 7.81. The van der Waals surface area contributed by atoms with Gasteiger partial charge in [-0.1, -0.05) is 15.9 Å². The molecule has 2 heterocycles. The summed E-state index contributed by atoms with van der Waals surface area (Å²) in [5, 5.41) is 12.0. The topological polar surface area (TPSA) is 72.9 Å². The van der Waals surface area contributed by atoms with Gasteiger partial charge in [-0.3, -0.25) is 4.79 Å². The molecule has 3 rings (SSSR count). The maximum Gasteiger partial charge on any atom is 0.317 e. The number of hydrogen-bond donors (Lipinski definition) is 2. The fourth-order valence-electron chi connectivity index (χ4n) is 3.18. The number of benzene rings is 1. The van der Waals surface area contributed by atoms with Gasteiger partial charge in [0.15, 0.2) is 0 Å². The van der Waals surface area contributed by atoms with Crippen molar-refractivity contribution in [2.75, 3.05) is 31.1 Å². The van der Waals surface area contributed by atoms with Crippen molar-refractivity contribution in [2.24, 2.45) is 5.92 Å². The predicted molar refractivity (Wildman–Crippen MR) is 90.6 cm³/mol. The summed E-state index contributed by atoms with van der Waals surface area (Å²) < 4.78 is 1.05. The Hall–Kier alpha value is -1.76. The first-order chi connectivity index (χ1) is 11.0. The number of carbonyl (C=O) groups is 2. The number of carbonyl (C=O) groups excluding carboxylic acids is 1. The third-order valence-corrected chi connectivity index (χ3v) is 5.06. The van der Waals surface area contributed by atoms with E-state index in [2.05, 4.69) is 38.3 Å². The highest BCUT2D eigenvalue weighted by molar-refractivity contribution is 9.10. The van der Waals surface area contributed by atoms with Gasteiger partial charge in [-0.2, -0.15) is 0 Å². The Bertz CT molecular complexity index is 593. The van der Waals surface area contributed by atoms with Crippen molar-refractivity contribution >= 4 is 33.6 Å². The Morgan fingerprint density at radius 3 is 2.52 bits per heavy atom. The lowest BCUT2D eigenvalue weighted by Gasteiger charge is -2.22. The van der Waals surface area contributed by atoms with Crippen LogP contribution < -0.4 is 10.2 Å². The van der Waals surface area contributed by atoms with Crippen LogP contribution in [0.2, 0.25) is 0 Å². The molecule has 0 radical (unpaired) electrons. The molecule has 2 saturated heterocycles. The van der Waals surface area contributed by atoms with Gasteiger partial charge in [0.05, 0.1) is 5.92 Å². The maximum atomic E-state index is 12.3. The zero-order valence-electron chi connectivity index (χ0n) is 12.7. The van der Waals surface area contributed by atoms with Crippen LogP contribution in [0.25, 0.3) is 0 Å². The van der Waals surface area contributed by atoms with Crippen LogP contribution in [-0.4, -0.2) is 54.2 Å². The molecule has 2 unspecified atom stereocenters. The molecule has 2 N–H and O–H groups in total. The molecule has 0 spiro atoms. The first kappa shape index (κ1) is 16.1. The average molecular weight is 382 g/mol. The molecule has 124 valence electrons.